The topological polar surface area (TPSA) is 127 Å². The maximum absolute atomic E-state index is 12.0. The van der Waals surface area contributed by atoms with Crippen LogP contribution in [0.4, 0.5) is 11.4 Å². The summed E-state index contributed by atoms with van der Waals surface area (Å²) in [4.78, 5) is 33.9. The number of benzene rings is 1. The Kier molecular flexibility index (Phi) is 5.23. The number of nitrogen functional groups attached to an aromatic ring is 1. The van der Waals surface area contributed by atoms with Gasteiger partial charge in [-0.1, -0.05) is 6.07 Å². The molecule has 4 N–H and O–H groups in total. The van der Waals surface area contributed by atoms with Gasteiger partial charge in [-0.15, -0.1) is 0 Å². The number of nitrogens with two attached hydrogens (primary N) is 1. The van der Waals surface area contributed by atoms with Crippen LogP contribution in [-0.2, 0) is 4.79 Å². The molecule has 2 amide bonds. The fraction of sp³-hybridized carbons (Fsp3) is 0.385. The second-order valence-electron chi connectivity index (χ2n) is 4.85. The molecule has 0 saturated carbocycles. The minimum absolute atomic E-state index is 0.0339. The smallest absolute Gasteiger partial charge is 0.292 e. The van der Waals surface area contributed by atoms with E-state index in [4.69, 9.17) is 5.73 Å². The quantitative estimate of drug-likeness (QED) is 0.421. The molecule has 0 radical (unpaired) electrons. The molecular formula is C13H18N4O4. The van der Waals surface area contributed by atoms with E-state index in [-0.39, 0.29) is 28.9 Å². The predicted octanol–water partition coefficient (Wildman–Crippen LogP) is 0.820. The molecule has 0 aromatic heterocycles. The Bertz CT molecular complexity index is 571. The number of nitrogens with one attached hydrogen (secondary N) is 2. The van der Waals surface area contributed by atoms with Crippen molar-refractivity contribution in [1.82, 2.24) is 10.6 Å². The molecule has 8 heteroatoms. The summed E-state index contributed by atoms with van der Waals surface area (Å²) in [6.07, 6.45) is 0. The van der Waals surface area contributed by atoms with Crippen LogP contribution in [0.1, 0.15) is 31.1 Å². The van der Waals surface area contributed by atoms with Gasteiger partial charge in [-0.25, -0.2) is 0 Å². The maximum atomic E-state index is 12.0. The summed E-state index contributed by atoms with van der Waals surface area (Å²) in [6, 6.07) is 3.10. The van der Waals surface area contributed by atoms with Crippen molar-refractivity contribution in [3.63, 3.8) is 0 Å². The molecule has 8 nitrogen and oxygen atoms in total. The van der Waals surface area contributed by atoms with Crippen LogP contribution in [0.25, 0.3) is 0 Å². The maximum Gasteiger partial charge on any atom is 0.292 e. The standard InChI is InChI=1S/C13H18N4O4/c1-7(2)15-12(18)8(3)16-13(19)9-5-4-6-10(11(9)14)17(20)21/h4-8H,14H2,1-3H3,(H,15,18)(H,16,19). The van der Waals surface area contributed by atoms with Gasteiger partial charge in [-0.05, 0) is 26.8 Å². The molecule has 21 heavy (non-hydrogen) atoms. The molecule has 0 aliphatic carbocycles. The average molecular weight is 294 g/mol. The number of hydrogen-bond acceptors (Lipinski definition) is 5. The number of para-hydroxylation sites is 1. The second kappa shape index (κ2) is 6.69. The van der Waals surface area contributed by atoms with Crippen molar-refractivity contribution in [3.8, 4) is 0 Å². The Morgan fingerprint density at radius 1 is 1.24 bits per heavy atom. The number of anilines is 1. The first-order valence-electron chi connectivity index (χ1n) is 6.38. The summed E-state index contributed by atoms with van der Waals surface area (Å²) in [6.45, 7) is 5.11. The van der Waals surface area contributed by atoms with Gasteiger partial charge in [0.25, 0.3) is 11.6 Å². The van der Waals surface area contributed by atoms with Crippen LogP contribution in [0.2, 0.25) is 0 Å². The molecule has 0 heterocycles. The van der Waals surface area contributed by atoms with Gasteiger partial charge in [0.1, 0.15) is 11.7 Å². The first-order valence-corrected chi connectivity index (χ1v) is 6.38. The van der Waals surface area contributed by atoms with E-state index < -0.39 is 16.9 Å². The van der Waals surface area contributed by atoms with E-state index in [1.54, 1.807) is 13.8 Å². The highest BCUT2D eigenvalue weighted by molar-refractivity contribution is 6.02. The van der Waals surface area contributed by atoms with Crippen molar-refractivity contribution in [3.05, 3.63) is 33.9 Å². The van der Waals surface area contributed by atoms with Crippen molar-refractivity contribution in [2.45, 2.75) is 32.9 Å². The number of nitro groups is 1. The third kappa shape index (κ3) is 4.16. The number of carbonyl (C=O) groups excluding carboxylic acids is 2. The van der Waals surface area contributed by atoms with Gasteiger partial charge in [-0.2, -0.15) is 0 Å². The fourth-order valence-electron chi connectivity index (χ4n) is 1.66. The molecule has 0 spiro atoms. The lowest BCUT2D eigenvalue weighted by molar-refractivity contribution is -0.383. The van der Waals surface area contributed by atoms with Gasteiger partial charge in [0.2, 0.25) is 5.91 Å². The number of rotatable bonds is 5. The van der Waals surface area contributed by atoms with Crippen LogP contribution in [0.3, 0.4) is 0 Å². The summed E-state index contributed by atoms with van der Waals surface area (Å²) in [5, 5.41) is 15.9. The summed E-state index contributed by atoms with van der Waals surface area (Å²) in [5.41, 5.74) is 5.01. The summed E-state index contributed by atoms with van der Waals surface area (Å²) < 4.78 is 0. The van der Waals surface area contributed by atoms with Gasteiger partial charge in [0.15, 0.2) is 0 Å². The molecule has 0 aliphatic rings. The summed E-state index contributed by atoms with van der Waals surface area (Å²) >= 11 is 0. The normalized spacial score (nSPS) is 11.8. The Morgan fingerprint density at radius 2 is 1.86 bits per heavy atom. The lowest BCUT2D eigenvalue weighted by Gasteiger charge is -2.16. The molecular weight excluding hydrogens is 276 g/mol. The third-order valence-corrected chi connectivity index (χ3v) is 2.70. The van der Waals surface area contributed by atoms with E-state index in [1.165, 1.54) is 25.1 Å². The number of nitro benzene ring substituents is 1. The van der Waals surface area contributed by atoms with Gasteiger partial charge < -0.3 is 16.4 Å². The first-order chi connectivity index (χ1) is 9.73. The minimum Gasteiger partial charge on any atom is -0.393 e. The zero-order valence-corrected chi connectivity index (χ0v) is 12.0. The molecule has 1 aromatic rings. The fourth-order valence-corrected chi connectivity index (χ4v) is 1.66. The SMILES string of the molecule is CC(C)NC(=O)C(C)NC(=O)c1cccc([N+](=O)[O-])c1N. The highest BCUT2D eigenvalue weighted by Crippen LogP contribution is 2.24. The minimum atomic E-state index is -0.779. The molecule has 1 atom stereocenters. The largest absolute Gasteiger partial charge is 0.393 e. The van der Waals surface area contributed by atoms with Crippen LogP contribution < -0.4 is 16.4 Å². The number of carbonyl (C=O) groups is 2. The lowest BCUT2D eigenvalue weighted by atomic mass is 10.1. The van der Waals surface area contributed by atoms with Crippen LogP contribution in [0.15, 0.2) is 18.2 Å². The zero-order chi connectivity index (χ0) is 16.2. The van der Waals surface area contributed by atoms with Crippen molar-refractivity contribution in [2.24, 2.45) is 0 Å². The van der Waals surface area contributed by atoms with E-state index in [0.717, 1.165) is 0 Å². The summed E-state index contributed by atoms with van der Waals surface area (Å²) in [5.74, 6) is -0.982. The van der Waals surface area contributed by atoms with Gasteiger partial charge in [-0.3, -0.25) is 19.7 Å². The Morgan fingerprint density at radius 3 is 2.38 bits per heavy atom. The molecule has 0 saturated heterocycles. The third-order valence-electron chi connectivity index (χ3n) is 2.70. The van der Waals surface area contributed by atoms with E-state index >= 15 is 0 Å². The highest BCUT2D eigenvalue weighted by atomic mass is 16.6. The summed E-state index contributed by atoms with van der Waals surface area (Å²) in [7, 11) is 0. The van der Waals surface area contributed by atoms with E-state index in [2.05, 4.69) is 10.6 Å². The molecule has 0 bridgehead atoms. The molecule has 1 rings (SSSR count). The van der Waals surface area contributed by atoms with Crippen LogP contribution in [-0.4, -0.2) is 28.8 Å². The Labute approximate surface area is 121 Å². The average Bonchev–Trinajstić information content (AvgIpc) is 2.37. The molecule has 1 aromatic carbocycles. The van der Waals surface area contributed by atoms with Crippen molar-refractivity contribution in [2.75, 3.05) is 5.73 Å². The van der Waals surface area contributed by atoms with E-state index in [9.17, 15) is 19.7 Å². The number of hydrogen-bond donors (Lipinski definition) is 3. The molecule has 114 valence electrons. The Hall–Kier alpha value is -2.64. The lowest BCUT2D eigenvalue weighted by Crippen LogP contribution is -2.46. The zero-order valence-electron chi connectivity index (χ0n) is 12.0. The van der Waals surface area contributed by atoms with Crippen LogP contribution >= 0.6 is 0 Å². The van der Waals surface area contributed by atoms with Crippen molar-refractivity contribution in [1.29, 1.82) is 0 Å². The van der Waals surface area contributed by atoms with E-state index in [0.29, 0.717) is 0 Å². The molecule has 1 unspecified atom stereocenters. The Balaban J connectivity index is 2.88. The van der Waals surface area contributed by atoms with Crippen LogP contribution in [0.5, 0.6) is 0 Å². The van der Waals surface area contributed by atoms with Gasteiger partial charge >= 0.3 is 0 Å². The number of amides is 2. The van der Waals surface area contributed by atoms with Gasteiger partial charge in [0, 0.05) is 12.1 Å². The van der Waals surface area contributed by atoms with E-state index in [1.807, 2.05) is 0 Å². The second-order valence-corrected chi connectivity index (χ2v) is 4.85. The first kappa shape index (κ1) is 16.4. The predicted molar refractivity (Wildman–Crippen MR) is 77.7 cm³/mol. The van der Waals surface area contributed by atoms with Gasteiger partial charge in [0.05, 0.1) is 10.5 Å². The van der Waals surface area contributed by atoms with Crippen molar-refractivity contribution < 1.29 is 14.5 Å². The van der Waals surface area contributed by atoms with Crippen LogP contribution in [0, 0.1) is 10.1 Å². The highest BCUT2D eigenvalue weighted by Gasteiger charge is 2.22. The monoisotopic (exact) mass is 294 g/mol. The number of nitrogens with zero attached hydrogens (tertiary/aromatic N) is 1. The molecule has 0 fully saturated rings. The molecule has 0 aliphatic heterocycles. The van der Waals surface area contributed by atoms with Crippen molar-refractivity contribution >= 4 is 23.2 Å².